The van der Waals surface area contributed by atoms with Crippen LogP contribution >= 0.6 is 0 Å². The molecule has 0 fully saturated rings. The molecule has 31 heavy (non-hydrogen) atoms. The Bertz CT molecular complexity index is 1180. The summed E-state index contributed by atoms with van der Waals surface area (Å²) in [6.07, 6.45) is 5.19. The number of Topliss-reactive ketones (excluding diaryl/α,β-unsaturated/α-hetero) is 1. The summed E-state index contributed by atoms with van der Waals surface area (Å²) in [5, 5.41) is 12.4. The van der Waals surface area contributed by atoms with Crippen LogP contribution in [-0.4, -0.2) is 28.8 Å². The monoisotopic (exact) mass is 415 g/mol. The van der Waals surface area contributed by atoms with E-state index >= 15 is 0 Å². The number of carbonyl (C=O) groups excluding carboxylic acids is 3. The van der Waals surface area contributed by atoms with Crippen molar-refractivity contribution in [3.8, 4) is 6.07 Å². The van der Waals surface area contributed by atoms with Crippen molar-refractivity contribution < 1.29 is 19.1 Å². The highest BCUT2D eigenvalue weighted by atomic mass is 16.5. The fourth-order valence-corrected chi connectivity index (χ4v) is 3.13. The van der Waals surface area contributed by atoms with E-state index in [1.54, 1.807) is 30.3 Å². The van der Waals surface area contributed by atoms with Crippen molar-refractivity contribution in [2.45, 2.75) is 19.9 Å². The van der Waals surface area contributed by atoms with Crippen molar-refractivity contribution in [3.63, 3.8) is 0 Å². The Kier molecular flexibility index (Phi) is 6.97. The van der Waals surface area contributed by atoms with Crippen LogP contribution in [0.5, 0.6) is 0 Å². The van der Waals surface area contributed by atoms with E-state index < -0.39 is 5.97 Å². The van der Waals surface area contributed by atoms with Crippen LogP contribution in [0.15, 0.2) is 60.8 Å². The first-order chi connectivity index (χ1) is 15.0. The molecule has 1 heterocycles. The van der Waals surface area contributed by atoms with E-state index in [0.717, 1.165) is 16.5 Å². The summed E-state index contributed by atoms with van der Waals surface area (Å²) in [5.41, 5.74) is 2.76. The molecule has 1 N–H and O–H groups in total. The molecule has 0 aliphatic heterocycles. The van der Waals surface area contributed by atoms with Gasteiger partial charge < -0.3 is 14.6 Å². The van der Waals surface area contributed by atoms with Crippen molar-refractivity contribution in [2.24, 2.45) is 0 Å². The van der Waals surface area contributed by atoms with Crippen LogP contribution in [0.1, 0.15) is 29.3 Å². The van der Waals surface area contributed by atoms with Crippen LogP contribution in [0.25, 0.3) is 17.0 Å². The largest absolute Gasteiger partial charge is 0.454 e. The number of esters is 1. The second-order valence-corrected chi connectivity index (χ2v) is 6.83. The predicted octanol–water partition coefficient (Wildman–Crippen LogP) is 3.95. The number of hydrogen-bond acceptors (Lipinski definition) is 5. The molecule has 2 aromatic carbocycles. The van der Waals surface area contributed by atoms with Crippen molar-refractivity contribution >= 4 is 40.3 Å². The lowest BCUT2D eigenvalue weighted by Crippen LogP contribution is -2.13. The maximum Gasteiger partial charge on any atom is 0.331 e. The average molecular weight is 415 g/mol. The third-order valence-electron chi connectivity index (χ3n) is 4.56. The Balaban J connectivity index is 1.61. The van der Waals surface area contributed by atoms with E-state index in [0.29, 0.717) is 24.2 Å². The van der Waals surface area contributed by atoms with Crippen molar-refractivity contribution in [3.05, 3.63) is 71.9 Å². The predicted molar refractivity (Wildman–Crippen MR) is 117 cm³/mol. The normalized spacial score (nSPS) is 10.7. The first-order valence-corrected chi connectivity index (χ1v) is 9.68. The fraction of sp³-hybridized carbons (Fsp3) is 0.167. The number of ether oxygens (including phenoxy) is 1. The minimum atomic E-state index is -0.628. The SMILES string of the molecule is CC(=O)Nc1ccc(C(=O)COC(=O)/C=C/c2cn(CCC#N)c3ccccc23)cc1. The molecule has 0 unspecified atom stereocenters. The van der Waals surface area contributed by atoms with Crippen molar-refractivity contribution in [1.29, 1.82) is 5.26 Å². The number of rotatable bonds is 8. The number of hydrogen-bond donors (Lipinski definition) is 1. The van der Waals surface area contributed by atoms with Crippen LogP contribution in [0.4, 0.5) is 5.69 Å². The van der Waals surface area contributed by atoms with Gasteiger partial charge in [0.15, 0.2) is 12.4 Å². The standard InChI is InChI=1S/C24H21N3O4/c1-17(28)26-20-10-7-18(8-11-20)23(29)16-31-24(30)12-9-19-15-27(14-4-13-25)22-6-3-2-5-21(19)22/h2-3,5-12,15H,4,14,16H2,1H3,(H,26,28)/b12-9+. The smallest absolute Gasteiger partial charge is 0.331 e. The number of nitrogens with one attached hydrogen (secondary N) is 1. The summed E-state index contributed by atoms with van der Waals surface area (Å²) in [6, 6.07) is 16.2. The van der Waals surface area contributed by atoms with E-state index in [2.05, 4.69) is 11.4 Å². The highest BCUT2D eigenvalue weighted by Crippen LogP contribution is 2.23. The van der Waals surface area contributed by atoms with E-state index in [1.807, 2.05) is 35.0 Å². The molecule has 3 rings (SSSR count). The molecule has 0 aliphatic rings. The highest BCUT2D eigenvalue weighted by molar-refractivity contribution is 6.00. The number of para-hydroxylation sites is 1. The van der Waals surface area contributed by atoms with Gasteiger partial charge in [-0.05, 0) is 36.4 Å². The molecule has 0 saturated heterocycles. The number of benzene rings is 2. The summed E-state index contributed by atoms with van der Waals surface area (Å²) in [6.45, 7) is 1.58. The average Bonchev–Trinajstić information content (AvgIpc) is 3.12. The quantitative estimate of drug-likeness (QED) is 0.341. The van der Waals surface area contributed by atoms with Gasteiger partial charge in [0.1, 0.15) is 0 Å². The van der Waals surface area contributed by atoms with Gasteiger partial charge in [-0.1, -0.05) is 18.2 Å². The van der Waals surface area contributed by atoms with Crippen molar-refractivity contribution in [1.82, 2.24) is 4.57 Å². The lowest BCUT2D eigenvalue weighted by atomic mass is 10.1. The van der Waals surface area contributed by atoms with Gasteiger partial charge in [-0.3, -0.25) is 9.59 Å². The Labute approximate surface area is 179 Å². The molecule has 0 radical (unpaired) electrons. The van der Waals surface area contributed by atoms with Gasteiger partial charge in [0.25, 0.3) is 0 Å². The molecule has 1 amide bonds. The fourth-order valence-electron chi connectivity index (χ4n) is 3.13. The second-order valence-electron chi connectivity index (χ2n) is 6.83. The Morgan fingerprint density at radius 1 is 1.13 bits per heavy atom. The summed E-state index contributed by atoms with van der Waals surface area (Å²) in [7, 11) is 0. The maximum atomic E-state index is 12.2. The third kappa shape index (κ3) is 5.67. The molecule has 0 atom stereocenters. The summed E-state index contributed by atoms with van der Waals surface area (Å²) in [5.74, 6) is -1.17. The summed E-state index contributed by atoms with van der Waals surface area (Å²) >= 11 is 0. The van der Waals surface area contributed by atoms with Crippen LogP contribution in [0.2, 0.25) is 0 Å². The molecular weight excluding hydrogens is 394 g/mol. The molecular formula is C24H21N3O4. The van der Waals surface area contributed by atoms with Gasteiger partial charge in [-0.2, -0.15) is 5.26 Å². The number of amides is 1. The topological polar surface area (TPSA) is 101 Å². The number of nitrogens with zero attached hydrogens (tertiary/aromatic N) is 2. The third-order valence-corrected chi connectivity index (χ3v) is 4.56. The summed E-state index contributed by atoms with van der Waals surface area (Å²) < 4.78 is 7.03. The molecule has 0 saturated carbocycles. The van der Waals surface area contributed by atoms with Crippen LogP contribution in [0.3, 0.4) is 0 Å². The number of carbonyl (C=O) groups is 3. The second kappa shape index (κ2) is 10.0. The maximum absolute atomic E-state index is 12.2. The molecule has 1 aromatic heterocycles. The zero-order chi connectivity index (χ0) is 22.2. The van der Waals surface area contributed by atoms with Gasteiger partial charge >= 0.3 is 5.97 Å². The minimum Gasteiger partial charge on any atom is -0.454 e. The Morgan fingerprint density at radius 3 is 2.58 bits per heavy atom. The van der Waals surface area contributed by atoms with E-state index in [1.165, 1.54) is 13.0 Å². The van der Waals surface area contributed by atoms with Gasteiger partial charge in [0.2, 0.25) is 5.91 Å². The minimum absolute atomic E-state index is 0.201. The van der Waals surface area contributed by atoms with Crippen molar-refractivity contribution in [2.75, 3.05) is 11.9 Å². The van der Waals surface area contributed by atoms with Gasteiger partial charge in [-0.25, -0.2) is 4.79 Å². The highest BCUT2D eigenvalue weighted by Gasteiger charge is 2.10. The van der Waals surface area contributed by atoms with E-state index in [9.17, 15) is 14.4 Å². The van der Waals surface area contributed by atoms with Crippen LogP contribution < -0.4 is 5.32 Å². The van der Waals surface area contributed by atoms with E-state index in [4.69, 9.17) is 10.00 Å². The first-order valence-electron chi connectivity index (χ1n) is 9.68. The Hall–Kier alpha value is -4.18. The number of aromatic nitrogens is 1. The van der Waals surface area contributed by atoms with Gasteiger partial charge in [0.05, 0.1) is 12.5 Å². The number of aryl methyl sites for hydroxylation is 1. The van der Waals surface area contributed by atoms with E-state index in [-0.39, 0.29) is 18.3 Å². The van der Waals surface area contributed by atoms with Crippen LogP contribution in [0, 0.1) is 11.3 Å². The van der Waals surface area contributed by atoms with Gasteiger partial charge in [-0.15, -0.1) is 0 Å². The molecule has 0 aliphatic carbocycles. The zero-order valence-corrected chi connectivity index (χ0v) is 17.0. The molecule has 0 bridgehead atoms. The lowest BCUT2D eigenvalue weighted by Gasteiger charge is -2.04. The summed E-state index contributed by atoms with van der Waals surface area (Å²) in [4.78, 5) is 35.3. The number of anilines is 1. The molecule has 7 heteroatoms. The van der Waals surface area contributed by atoms with Gasteiger partial charge in [0, 0.05) is 53.5 Å². The molecule has 3 aromatic rings. The van der Waals surface area contributed by atoms with Crippen LogP contribution in [-0.2, 0) is 20.9 Å². The first kappa shape index (κ1) is 21.5. The zero-order valence-electron chi connectivity index (χ0n) is 17.0. The number of fused-ring (bicyclic) bond motifs is 1. The number of nitriles is 1. The Morgan fingerprint density at radius 2 is 1.87 bits per heavy atom. The lowest BCUT2D eigenvalue weighted by molar-refractivity contribution is -0.136. The molecule has 156 valence electrons. The molecule has 7 nitrogen and oxygen atoms in total. The number of ketones is 1. The molecule has 0 spiro atoms.